The molecule has 1 atom stereocenters. The zero-order chi connectivity index (χ0) is 12.3. The Morgan fingerprint density at radius 3 is 2.94 bits per heavy atom. The van der Waals surface area contributed by atoms with Crippen molar-refractivity contribution in [3.8, 4) is 0 Å². The molecule has 0 amide bonds. The standard InChI is InChI=1S/C15H23NO/c1-12-5-4-6-13(9-12)10-17-14-7-8-16-11-15(14,2)3/h4-6,9,14,16H,7-8,10-11H2,1-3H3. The molecule has 1 aliphatic heterocycles. The predicted octanol–water partition coefficient (Wildman–Crippen LogP) is 2.90. The Labute approximate surface area is 104 Å². The van der Waals surface area contributed by atoms with Crippen LogP contribution in [0.15, 0.2) is 24.3 Å². The summed E-state index contributed by atoms with van der Waals surface area (Å²) >= 11 is 0. The van der Waals surface area contributed by atoms with Crippen LogP contribution in [0.3, 0.4) is 0 Å². The molecular weight excluding hydrogens is 210 g/mol. The summed E-state index contributed by atoms with van der Waals surface area (Å²) in [6.45, 7) is 9.53. The average Bonchev–Trinajstić information content (AvgIpc) is 2.27. The minimum absolute atomic E-state index is 0.238. The van der Waals surface area contributed by atoms with Gasteiger partial charge >= 0.3 is 0 Å². The highest BCUT2D eigenvalue weighted by atomic mass is 16.5. The van der Waals surface area contributed by atoms with Gasteiger partial charge in [0.2, 0.25) is 0 Å². The molecule has 2 nitrogen and oxygen atoms in total. The van der Waals surface area contributed by atoms with Crippen LogP contribution in [0.5, 0.6) is 0 Å². The molecular formula is C15H23NO. The van der Waals surface area contributed by atoms with E-state index in [2.05, 4.69) is 50.4 Å². The third kappa shape index (κ3) is 3.30. The minimum Gasteiger partial charge on any atom is -0.373 e. The maximum absolute atomic E-state index is 6.10. The number of aryl methyl sites for hydroxylation is 1. The molecule has 1 saturated heterocycles. The largest absolute Gasteiger partial charge is 0.373 e. The highest BCUT2D eigenvalue weighted by Gasteiger charge is 2.32. The van der Waals surface area contributed by atoms with Gasteiger partial charge in [0.1, 0.15) is 0 Å². The lowest BCUT2D eigenvalue weighted by Gasteiger charge is -2.38. The molecule has 2 rings (SSSR count). The van der Waals surface area contributed by atoms with Gasteiger partial charge in [0.15, 0.2) is 0 Å². The van der Waals surface area contributed by atoms with Crippen LogP contribution in [0, 0.1) is 12.3 Å². The number of hydrogen-bond donors (Lipinski definition) is 1. The minimum atomic E-state index is 0.238. The Hall–Kier alpha value is -0.860. The maximum atomic E-state index is 6.10. The van der Waals surface area contributed by atoms with Crippen molar-refractivity contribution in [3.05, 3.63) is 35.4 Å². The summed E-state index contributed by atoms with van der Waals surface area (Å²) in [6.07, 6.45) is 1.47. The van der Waals surface area contributed by atoms with E-state index < -0.39 is 0 Å². The quantitative estimate of drug-likeness (QED) is 0.866. The van der Waals surface area contributed by atoms with E-state index in [0.29, 0.717) is 6.10 Å². The summed E-state index contributed by atoms with van der Waals surface area (Å²) in [5.74, 6) is 0. The summed E-state index contributed by atoms with van der Waals surface area (Å²) in [5.41, 5.74) is 2.82. The number of piperidine rings is 1. The zero-order valence-electron chi connectivity index (χ0n) is 11.1. The monoisotopic (exact) mass is 233 g/mol. The summed E-state index contributed by atoms with van der Waals surface area (Å²) in [7, 11) is 0. The Bertz CT molecular complexity index is 373. The van der Waals surface area contributed by atoms with Gasteiger partial charge < -0.3 is 10.1 Å². The fourth-order valence-corrected chi connectivity index (χ4v) is 2.46. The van der Waals surface area contributed by atoms with Crippen LogP contribution in [0.2, 0.25) is 0 Å². The number of rotatable bonds is 3. The topological polar surface area (TPSA) is 21.3 Å². The van der Waals surface area contributed by atoms with Crippen molar-refractivity contribution >= 4 is 0 Å². The molecule has 0 aromatic heterocycles. The molecule has 0 bridgehead atoms. The van der Waals surface area contributed by atoms with Gasteiger partial charge in [-0.15, -0.1) is 0 Å². The molecule has 0 saturated carbocycles. The Morgan fingerprint density at radius 2 is 2.24 bits per heavy atom. The molecule has 1 fully saturated rings. The molecule has 1 aromatic carbocycles. The van der Waals surface area contributed by atoms with Crippen molar-refractivity contribution in [1.82, 2.24) is 5.32 Å². The number of benzene rings is 1. The van der Waals surface area contributed by atoms with Crippen LogP contribution < -0.4 is 5.32 Å². The van der Waals surface area contributed by atoms with Crippen molar-refractivity contribution in [2.45, 2.75) is 39.9 Å². The summed E-state index contributed by atoms with van der Waals surface area (Å²) in [6, 6.07) is 8.56. The van der Waals surface area contributed by atoms with Gasteiger partial charge in [0, 0.05) is 12.0 Å². The predicted molar refractivity (Wildman–Crippen MR) is 71.0 cm³/mol. The third-order valence-electron chi connectivity index (χ3n) is 3.57. The first-order valence-corrected chi connectivity index (χ1v) is 6.46. The van der Waals surface area contributed by atoms with E-state index in [1.165, 1.54) is 11.1 Å². The highest BCUT2D eigenvalue weighted by Crippen LogP contribution is 2.28. The van der Waals surface area contributed by atoms with Crippen molar-refractivity contribution in [1.29, 1.82) is 0 Å². The number of nitrogens with one attached hydrogen (secondary N) is 1. The molecule has 1 aliphatic rings. The molecule has 17 heavy (non-hydrogen) atoms. The van der Waals surface area contributed by atoms with Crippen LogP contribution in [-0.4, -0.2) is 19.2 Å². The first-order valence-electron chi connectivity index (χ1n) is 6.46. The van der Waals surface area contributed by atoms with Gasteiger partial charge in [0.25, 0.3) is 0 Å². The van der Waals surface area contributed by atoms with Gasteiger partial charge in [0.05, 0.1) is 12.7 Å². The average molecular weight is 233 g/mol. The first kappa shape index (κ1) is 12.6. The highest BCUT2D eigenvalue weighted by molar-refractivity contribution is 5.21. The fourth-order valence-electron chi connectivity index (χ4n) is 2.46. The normalized spacial score (nSPS) is 23.6. The summed E-state index contributed by atoms with van der Waals surface area (Å²) in [5, 5.41) is 3.43. The Morgan fingerprint density at radius 1 is 1.41 bits per heavy atom. The SMILES string of the molecule is Cc1cccc(COC2CCNCC2(C)C)c1. The summed E-state index contributed by atoms with van der Waals surface area (Å²) < 4.78 is 6.10. The fraction of sp³-hybridized carbons (Fsp3) is 0.600. The molecule has 0 aliphatic carbocycles. The van der Waals surface area contributed by atoms with E-state index >= 15 is 0 Å². The van der Waals surface area contributed by atoms with E-state index in [-0.39, 0.29) is 5.41 Å². The van der Waals surface area contributed by atoms with Crippen LogP contribution in [0.1, 0.15) is 31.4 Å². The van der Waals surface area contributed by atoms with E-state index in [1.54, 1.807) is 0 Å². The van der Waals surface area contributed by atoms with Gasteiger partial charge in [-0.2, -0.15) is 0 Å². The Kier molecular flexibility index (Phi) is 3.85. The molecule has 1 heterocycles. The number of hydrogen-bond acceptors (Lipinski definition) is 2. The van der Waals surface area contributed by atoms with E-state index in [9.17, 15) is 0 Å². The van der Waals surface area contributed by atoms with Crippen LogP contribution in [-0.2, 0) is 11.3 Å². The van der Waals surface area contributed by atoms with Gasteiger partial charge in [-0.1, -0.05) is 43.7 Å². The van der Waals surface area contributed by atoms with Crippen LogP contribution >= 0.6 is 0 Å². The van der Waals surface area contributed by atoms with Crippen molar-refractivity contribution < 1.29 is 4.74 Å². The number of ether oxygens (including phenoxy) is 1. The van der Waals surface area contributed by atoms with E-state index in [4.69, 9.17) is 4.74 Å². The molecule has 94 valence electrons. The zero-order valence-corrected chi connectivity index (χ0v) is 11.1. The van der Waals surface area contributed by atoms with Crippen molar-refractivity contribution in [2.75, 3.05) is 13.1 Å². The maximum Gasteiger partial charge on any atom is 0.0721 e. The van der Waals surface area contributed by atoms with Gasteiger partial charge in [-0.3, -0.25) is 0 Å². The molecule has 1 N–H and O–H groups in total. The second kappa shape index (κ2) is 5.19. The van der Waals surface area contributed by atoms with Gasteiger partial charge in [-0.05, 0) is 25.5 Å². The smallest absolute Gasteiger partial charge is 0.0721 e. The molecule has 2 heteroatoms. The Balaban J connectivity index is 1.93. The lowest BCUT2D eigenvalue weighted by atomic mass is 9.82. The lowest BCUT2D eigenvalue weighted by Crippen LogP contribution is -2.47. The first-order chi connectivity index (χ1) is 8.08. The molecule has 1 aromatic rings. The molecule has 1 unspecified atom stereocenters. The van der Waals surface area contributed by atoms with Crippen LogP contribution in [0.4, 0.5) is 0 Å². The van der Waals surface area contributed by atoms with E-state index in [1.807, 2.05) is 0 Å². The third-order valence-corrected chi connectivity index (χ3v) is 3.57. The van der Waals surface area contributed by atoms with Crippen LogP contribution in [0.25, 0.3) is 0 Å². The van der Waals surface area contributed by atoms with Gasteiger partial charge in [-0.25, -0.2) is 0 Å². The second-order valence-electron chi connectivity index (χ2n) is 5.74. The molecule has 0 spiro atoms. The lowest BCUT2D eigenvalue weighted by molar-refractivity contribution is -0.0520. The van der Waals surface area contributed by atoms with Crippen molar-refractivity contribution in [3.63, 3.8) is 0 Å². The van der Waals surface area contributed by atoms with Crippen molar-refractivity contribution in [2.24, 2.45) is 5.41 Å². The summed E-state index contributed by atoms with van der Waals surface area (Å²) in [4.78, 5) is 0. The second-order valence-corrected chi connectivity index (χ2v) is 5.74. The van der Waals surface area contributed by atoms with E-state index in [0.717, 1.165) is 26.1 Å². The molecule has 0 radical (unpaired) electrons.